The van der Waals surface area contributed by atoms with Gasteiger partial charge in [-0.3, -0.25) is 0 Å². The molecule has 0 spiro atoms. The fraction of sp³-hybridized carbons (Fsp3) is 0.368. The summed E-state index contributed by atoms with van der Waals surface area (Å²) in [4.78, 5) is 24.1. The number of halogens is 1. The van der Waals surface area contributed by atoms with Crippen LogP contribution in [0.4, 0.5) is 4.79 Å². The number of fused-ring (bicyclic) bond motifs is 1. The Balaban J connectivity index is 2.16. The SMILES string of the molecule is CC(C)(C)OC(=O)N[C@H](Cc1ccc2ccccc2c1)C(=O)OCCl. The van der Waals surface area contributed by atoms with Gasteiger partial charge in [0.05, 0.1) is 0 Å². The number of benzene rings is 2. The Bertz CT molecular complexity index is 754. The van der Waals surface area contributed by atoms with Crippen LogP contribution in [-0.4, -0.2) is 29.8 Å². The van der Waals surface area contributed by atoms with Gasteiger partial charge in [0, 0.05) is 6.42 Å². The van der Waals surface area contributed by atoms with E-state index in [1.54, 1.807) is 20.8 Å². The average molecular weight is 364 g/mol. The molecule has 0 aromatic heterocycles. The molecule has 2 aromatic carbocycles. The summed E-state index contributed by atoms with van der Waals surface area (Å²) >= 11 is 5.48. The van der Waals surface area contributed by atoms with E-state index in [9.17, 15) is 9.59 Å². The van der Waals surface area contributed by atoms with E-state index < -0.39 is 23.7 Å². The highest BCUT2D eigenvalue weighted by atomic mass is 35.5. The number of hydrogen-bond acceptors (Lipinski definition) is 4. The predicted octanol–water partition coefficient (Wildman–Crippen LogP) is 4.02. The summed E-state index contributed by atoms with van der Waals surface area (Å²) in [6.07, 6.45) is -0.399. The number of hydrogen-bond donors (Lipinski definition) is 1. The molecule has 1 atom stereocenters. The average Bonchev–Trinajstić information content (AvgIpc) is 2.52. The van der Waals surface area contributed by atoms with Crippen molar-refractivity contribution in [2.75, 3.05) is 6.07 Å². The fourth-order valence-electron chi connectivity index (χ4n) is 2.40. The van der Waals surface area contributed by atoms with E-state index in [1.807, 2.05) is 42.5 Å². The van der Waals surface area contributed by atoms with Gasteiger partial charge in [0.2, 0.25) is 0 Å². The number of nitrogens with one attached hydrogen (secondary N) is 1. The Kier molecular flexibility index (Phi) is 6.26. The minimum atomic E-state index is -0.880. The predicted molar refractivity (Wildman–Crippen MR) is 97.6 cm³/mol. The van der Waals surface area contributed by atoms with Gasteiger partial charge >= 0.3 is 12.1 Å². The minimum Gasteiger partial charge on any atom is -0.448 e. The highest BCUT2D eigenvalue weighted by Gasteiger charge is 2.25. The van der Waals surface area contributed by atoms with E-state index in [1.165, 1.54) is 0 Å². The topological polar surface area (TPSA) is 64.6 Å². The first-order chi connectivity index (χ1) is 11.8. The second kappa shape index (κ2) is 8.21. The number of ether oxygens (including phenoxy) is 2. The molecule has 0 radical (unpaired) electrons. The lowest BCUT2D eigenvalue weighted by atomic mass is 10.0. The molecular weight excluding hydrogens is 342 g/mol. The molecule has 0 saturated carbocycles. The first-order valence-corrected chi connectivity index (χ1v) is 8.52. The zero-order valence-electron chi connectivity index (χ0n) is 14.5. The molecule has 1 N–H and O–H groups in total. The van der Waals surface area contributed by atoms with Crippen LogP contribution in [0.5, 0.6) is 0 Å². The van der Waals surface area contributed by atoms with Gasteiger partial charge < -0.3 is 14.8 Å². The highest BCUT2D eigenvalue weighted by Crippen LogP contribution is 2.17. The van der Waals surface area contributed by atoms with Gasteiger partial charge in [-0.2, -0.15) is 0 Å². The van der Waals surface area contributed by atoms with Crippen LogP contribution in [-0.2, 0) is 20.7 Å². The molecule has 2 rings (SSSR count). The van der Waals surface area contributed by atoms with Crippen LogP contribution in [0.3, 0.4) is 0 Å². The highest BCUT2D eigenvalue weighted by molar-refractivity contribution is 6.17. The molecule has 0 aliphatic carbocycles. The maximum Gasteiger partial charge on any atom is 0.408 e. The molecule has 134 valence electrons. The van der Waals surface area contributed by atoms with E-state index in [4.69, 9.17) is 21.1 Å². The Hall–Kier alpha value is -2.27. The molecule has 2 aromatic rings. The van der Waals surface area contributed by atoms with Gasteiger partial charge in [-0.15, -0.1) is 0 Å². The largest absolute Gasteiger partial charge is 0.448 e. The lowest BCUT2D eigenvalue weighted by Gasteiger charge is -2.23. The molecule has 0 aliphatic rings. The number of carbonyl (C=O) groups is 2. The van der Waals surface area contributed by atoms with Gasteiger partial charge in [-0.25, -0.2) is 9.59 Å². The van der Waals surface area contributed by atoms with Crippen molar-refractivity contribution in [2.45, 2.75) is 38.8 Å². The van der Waals surface area contributed by atoms with Gasteiger partial charge in [0.1, 0.15) is 11.6 Å². The third-order valence-electron chi connectivity index (χ3n) is 3.43. The number of amides is 1. The van der Waals surface area contributed by atoms with Crippen LogP contribution in [0.2, 0.25) is 0 Å². The van der Waals surface area contributed by atoms with Gasteiger partial charge in [0.15, 0.2) is 6.07 Å². The lowest BCUT2D eigenvalue weighted by molar-refractivity contribution is -0.144. The normalized spacial score (nSPS) is 12.5. The molecule has 25 heavy (non-hydrogen) atoms. The maximum absolute atomic E-state index is 12.1. The second-order valence-corrected chi connectivity index (χ2v) is 6.88. The first kappa shape index (κ1) is 19.1. The van der Waals surface area contributed by atoms with Gasteiger partial charge in [0.25, 0.3) is 0 Å². The minimum absolute atomic E-state index is 0.275. The van der Waals surface area contributed by atoms with Crippen LogP contribution < -0.4 is 5.32 Å². The number of carbonyl (C=O) groups excluding carboxylic acids is 2. The van der Waals surface area contributed by atoms with E-state index >= 15 is 0 Å². The summed E-state index contributed by atoms with van der Waals surface area (Å²) in [6, 6.07) is 12.6. The maximum atomic E-state index is 12.1. The van der Waals surface area contributed by atoms with Crippen LogP contribution in [0.25, 0.3) is 10.8 Å². The van der Waals surface area contributed by atoms with Crippen molar-refractivity contribution in [1.82, 2.24) is 5.32 Å². The molecule has 0 unspecified atom stereocenters. The zero-order chi connectivity index (χ0) is 18.4. The summed E-state index contributed by atoms with van der Waals surface area (Å²) in [5, 5.41) is 4.72. The van der Waals surface area contributed by atoms with Gasteiger partial charge in [-0.1, -0.05) is 54.1 Å². The molecule has 0 aliphatic heterocycles. The first-order valence-electron chi connectivity index (χ1n) is 7.98. The monoisotopic (exact) mass is 363 g/mol. The van der Waals surface area contributed by atoms with Crippen molar-refractivity contribution in [3.63, 3.8) is 0 Å². The molecule has 1 amide bonds. The Morgan fingerprint density at radius 1 is 1.12 bits per heavy atom. The third kappa shape index (κ3) is 5.94. The summed E-state index contributed by atoms with van der Waals surface area (Å²) in [5.41, 5.74) is 0.236. The van der Waals surface area contributed by atoms with E-state index in [0.717, 1.165) is 16.3 Å². The quantitative estimate of drug-likeness (QED) is 0.643. The lowest BCUT2D eigenvalue weighted by Crippen LogP contribution is -2.45. The fourth-order valence-corrected chi connectivity index (χ4v) is 2.51. The van der Waals surface area contributed by atoms with Crippen molar-refractivity contribution >= 4 is 34.4 Å². The molecule has 0 heterocycles. The number of alkyl carbamates (subject to hydrolysis) is 1. The van der Waals surface area contributed by atoms with Crippen LogP contribution in [0, 0.1) is 0 Å². The molecule has 0 bridgehead atoms. The molecule has 5 nitrogen and oxygen atoms in total. The Morgan fingerprint density at radius 2 is 1.80 bits per heavy atom. The molecule has 6 heteroatoms. The molecule has 0 saturated heterocycles. The number of alkyl halides is 1. The van der Waals surface area contributed by atoms with Crippen LogP contribution in [0.15, 0.2) is 42.5 Å². The number of rotatable bonds is 5. The smallest absolute Gasteiger partial charge is 0.408 e. The summed E-state index contributed by atoms with van der Waals surface area (Å²) in [6.45, 7) is 5.26. The Morgan fingerprint density at radius 3 is 2.44 bits per heavy atom. The standard InChI is InChI=1S/C19H22ClNO4/c1-19(2,3)25-18(23)21-16(17(22)24-12-20)11-13-8-9-14-6-4-5-7-15(14)10-13/h4-10,16H,11-12H2,1-3H3,(H,21,23)/t16-/m1/s1. The number of esters is 1. The summed E-state index contributed by atoms with van der Waals surface area (Å²) in [5.74, 6) is -0.603. The van der Waals surface area contributed by atoms with Gasteiger partial charge in [-0.05, 0) is 37.1 Å². The van der Waals surface area contributed by atoms with Crippen molar-refractivity contribution < 1.29 is 19.1 Å². The summed E-state index contributed by atoms with van der Waals surface area (Å²) < 4.78 is 10.1. The van der Waals surface area contributed by atoms with Crippen molar-refractivity contribution in [3.05, 3.63) is 48.0 Å². The van der Waals surface area contributed by atoms with Crippen molar-refractivity contribution in [3.8, 4) is 0 Å². The van der Waals surface area contributed by atoms with Crippen molar-refractivity contribution in [2.24, 2.45) is 0 Å². The summed E-state index contributed by atoms with van der Waals surface area (Å²) in [7, 11) is 0. The van der Waals surface area contributed by atoms with E-state index in [2.05, 4.69) is 5.32 Å². The second-order valence-electron chi connectivity index (χ2n) is 6.66. The zero-order valence-corrected chi connectivity index (χ0v) is 15.3. The van der Waals surface area contributed by atoms with E-state index in [0.29, 0.717) is 0 Å². The van der Waals surface area contributed by atoms with E-state index in [-0.39, 0.29) is 12.5 Å². The molecule has 0 fully saturated rings. The Labute approximate surface area is 152 Å². The third-order valence-corrected chi connectivity index (χ3v) is 3.54. The van der Waals surface area contributed by atoms with Crippen LogP contribution >= 0.6 is 11.6 Å². The molecular formula is C19H22ClNO4. The van der Waals surface area contributed by atoms with Crippen LogP contribution in [0.1, 0.15) is 26.3 Å². The van der Waals surface area contributed by atoms with Crippen molar-refractivity contribution in [1.29, 1.82) is 0 Å².